The fourth-order valence-corrected chi connectivity index (χ4v) is 4.54. The molecule has 0 unspecified atom stereocenters. The number of methoxy groups -OCH3 is 1. The van der Waals surface area contributed by atoms with Gasteiger partial charge in [-0.05, 0) is 54.7 Å². The first-order valence-corrected chi connectivity index (χ1v) is 12.6. The Kier molecular flexibility index (Phi) is 7.01. The number of benzene rings is 1. The number of nitrogens with one attached hydrogen (secondary N) is 1. The fraction of sp³-hybridized carbons (Fsp3) is 0.556. The Labute approximate surface area is 206 Å². The van der Waals surface area contributed by atoms with Gasteiger partial charge in [0.15, 0.2) is 11.4 Å². The molecule has 1 aliphatic rings. The van der Waals surface area contributed by atoms with E-state index < -0.39 is 0 Å². The molecule has 1 N–H and O–H groups in total. The lowest BCUT2D eigenvalue weighted by atomic mass is 9.76. The van der Waals surface area contributed by atoms with E-state index in [9.17, 15) is 4.79 Å². The lowest BCUT2D eigenvalue weighted by Crippen LogP contribution is -2.27. The van der Waals surface area contributed by atoms with Gasteiger partial charge in [0.25, 0.3) is 0 Å². The number of rotatable bonds is 9. The van der Waals surface area contributed by atoms with Gasteiger partial charge in [-0.15, -0.1) is 10.2 Å². The summed E-state index contributed by atoms with van der Waals surface area (Å²) in [5, 5.41) is 17.5. The summed E-state index contributed by atoms with van der Waals surface area (Å²) in [6, 6.07) is 7.71. The standard InChI is InChI=1S/C27H37N5O3/c1-7-19(8-2)35-24-13-12-23-29-31(26(28)32(23)30-24)16-22(33)20-14-18(17-10-9-11-17)15-21(25(20)34-6)27(3,4)5/h12-15,17,19,28H,7-11,16H2,1-6H3. The smallest absolute Gasteiger partial charge is 0.242 e. The largest absolute Gasteiger partial charge is 0.496 e. The number of hydrogen-bond acceptors (Lipinski definition) is 6. The summed E-state index contributed by atoms with van der Waals surface area (Å²) in [6.45, 7) is 10.5. The molecule has 0 aliphatic heterocycles. The van der Waals surface area contributed by atoms with Gasteiger partial charge in [0.2, 0.25) is 11.5 Å². The van der Waals surface area contributed by atoms with Gasteiger partial charge in [0, 0.05) is 11.6 Å². The molecule has 2 heterocycles. The molecule has 1 aliphatic carbocycles. The maximum atomic E-state index is 13.6. The van der Waals surface area contributed by atoms with Crippen molar-refractivity contribution in [3.8, 4) is 11.6 Å². The molecule has 3 aromatic rings. The van der Waals surface area contributed by atoms with Crippen molar-refractivity contribution < 1.29 is 14.3 Å². The highest BCUT2D eigenvalue weighted by Gasteiger charge is 2.29. The summed E-state index contributed by atoms with van der Waals surface area (Å²) in [7, 11) is 1.61. The van der Waals surface area contributed by atoms with Crippen LogP contribution in [0, 0.1) is 5.41 Å². The van der Waals surface area contributed by atoms with E-state index in [0.29, 0.717) is 28.8 Å². The fourth-order valence-electron chi connectivity index (χ4n) is 4.54. The summed E-state index contributed by atoms with van der Waals surface area (Å²) in [5.41, 5.74) is 3.12. The molecule has 0 bridgehead atoms. The van der Waals surface area contributed by atoms with E-state index in [1.165, 1.54) is 21.2 Å². The zero-order chi connectivity index (χ0) is 25.3. The van der Waals surface area contributed by atoms with Crippen molar-refractivity contribution in [3.63, 3.8) is 0 Å². The van der Waals surface area contributed by atoms with Crippen LogP contribution < -0.4 is 15.1 Å². The molecule has 0 saturated heterocycles. The highest BCUT2D eigenvalue weighted by molar-refractivity contribution is 5.99. The lowest BCUT2D eigenvalue weighted by Gasteiger charge is -2.30. The highest BCUT2D eigenvalue weighted by Crippen LogP contribution is 2.42. The van der Waals surface area contributed by atoms with Crippen LogP contribution in [0.3, 0.4) is 0 Å². The van der Waals surface area contributed by atoms with Gasteiger partial charge in [-0.2, -0.15) is 4.52 Å². The first kappa shape index (κ1) is 24.9. The predicted octanol–water partition coefficient (Wildman–Crippen LogP) is 5.03. The topological polar surface area (TPSA) is 94.5 Å². The number of aromatic nitrogens is 4. The van der Waals surface area contributed by atoms with Crippen molar-refractivity contribution in [2.45, 2.75) is 90.7 Å². The maximum absolute atomic E-state index is 13.6. The van der Waals surface area contributed by atoms with Crippen molar-refractivity contribution >= 4 is 11.4 Å². The third kappa shape index (κ3) is 4.97. The van der Waals surface area contributed by atoms with E-state index in [4.69, 9.17) is 14.9 Å². The monoisotopic (exact) mass is 479 g/mol. The number of hydrogen-bond donors (Lipinski definition) is 1. The quantitative estimate of drug-likeness (QED) is 0.434. The van der Waals surface area contributed by atoms with Crippen LogP contribution in [0.15, 0.2) is 24.3 Å². The molecule has 35 heavy (non-hydrogen) atoms. The third-order valence-corrected chi connectivity index (χ3v) is 6.95. The van der Waals surface area contributed by atoms with Crippen molar-refractivity contribution in [3.05, 3.63) is 46.6 Å². The minimum Gasteiger partial charge on any atom is -0.496 e. The van der Waals surface area contributed by atoms with Crippen LogP contribution in [0.5, 0.6) is 11.6 Å². The first-order valence-electron chi connectivity index (χ1n) is 12.6. The number of fused-ring (bicyclic) bond motifs is 1. The molecule has 8 heteroatoms. The van der Waals surface area contributed by atoms with Gasteiger partial charge in [-0.3, -0.25) is 10.2 Å². The average Bonchev–Trinajstić information content (AvgIpc) is 3.09. The minimum absolute atomic E-state index is 0.0218. The number of carbonyl (C=O) groups is 1. The first-order chi connectivity index (χ1) is 16.7. The number of carbonyl (C=O) groups excluding carboxylic acids is 1. The SMILES string of the molecule is CCC(CC)Oc1ccc2nn(CC(=O)c3cc(C4CCC4)cc(C(C)(C)C)c3OC)c(=N)n2n1. The van der Waals surface area contributed by atoms with E-state index in [0.717, 1.165) is 31.2 Å². The van der Waals surface area contributed by atoms with Gasteiger partial charge < -0.3 is 9.47 Å². The Morgan fingerprint density at radius 3 is 2.46 bits per heavy atom. The number of Topliss-reactive ketones (excluding diaryl/α,β-unsaturated/α-hetero) is 1. The molecule has 4 rings (SSSR count). The van der Waals surface area contributed by atoms with Gasteiger partial charge in [0.1, 0.15) is 12.3 Å². The van der Waals surface area contributed by atoms with Crippen molar-refractivity contribution in [2.75, 3.05) is 7.11 Å². The Morgan fingerprint density at radius 1 is 1.17 bits per heavy atom. The molecule has 0 amide bonds. The Hall–Kier alpha value is -3.16. The maximum Gasteiger partial charge on any atom is 0.242 e. The van der Waals surface area contributed by atoms with Crippen LogP contribution in [0.1, 0.15) is 94.1 Å². The highest BCUT2D eigenvalue weighted by atomic mass is 16.5. The minimum atomic E-state index is -0.174. The Balaban J connectivity index is 1.69. The van der Waals surface area contributed by atoms with Crippen LogP contribution >= 0.6 is 0 Å². The van der Waals surface area contributed by atoms with Gasteiger partial charge >= 0.3 is 0 Å². The Bertz CT molecular complexity index is 1280. The molecule has 188 valence electrons. The third-order valence-electron chi connectivity index (χ3n) is 6.95. The van der Waals surface area contributed by atoms with Crippen molar-refractivity contribution in [1.82, 2.24) is 19.4 Å². The number of ether oxygens (including phenoxy) is 2. The van der Waals surface area contributed by atoms with Gasteiger partial charge in [0.05, 0.1) is 18.8 Å². The summed E-state index contributed by atoms with van der Waals surface area (Å²) >= 11 is 0. The van der Waals surface area contributed by atoms with Gasteiger partial charge in [-0.25, -0.2) is 4.68 Å². The molecular weight excluding hydrogens is 442 g/mol. The van der Waals surface area contributed by atoms with E-state index in [1.54, 1.807) is 19.2 Å². The summed E-state index contributed by atoms with van der Waals surface area (Å²) < 4.78 is 14.5. The van der Waals surface area contributed by atoms with E-state index in [-0.39, 0.29) is 29.5 Å². The molecule has 8 nitrogen and oxygen atoms in total. The predicted molar refractivity (Wildman–Crippen MR) is 134 cm³/mol. The second kappa shape index (κ2) is 9.84. The molecule has 0 spiro atoms. The number of nitrogens with zero attached hydrogens (tertiary/aromatic N) is 4. The Morgan fingerprint density at radius 2 is 1.89 bits per heavy atom. The molecule has 2 aromatic heterocycles. The van der Waals surface area contributed by atoms with Crippen LogP contribution in [-0.4, -0.2) is 38.4 Å². The summed E-state index contributed by atoms with van der Waals surface area (Å²) in [5.74, 6) is 1.41. The van der Waals surface area contributed by atoms with Crippen LogP contribution in [0.25, 0.3) is 5.65 Å². The van der Waals surface area contributed by atoms with Crippen LogP contribution in [-0.2, 0) is 12.0 Å². The lowest BCUT2D eigenvalue weighted by molar-refractivity contribution is 0.0962. The van der Waals surface area contributed by atoms with Gasteiger partial charge in [-0.1, -0.05) is 47.1 Å². The van der Waals surface area contributed by atoms with Crippen molar-refractivity contribution in [1.29, 1.82) is 5.41 Å². The molecular formula is C27H37N5O3. The van der Waals surface area contributed by atoms with E-state index in [2.05, 4.69) is 50.9 Å². The summed E-state index contributed by atoms with van der Waals surface area (Å²) in [6.07, 6.45) is 5.34. The normalized spacial score (nSPS) is 14.4. The molecule has 1 aromatic carbocycles. The van der Waals surface area contributed by atoms with Crippen molar-refractivity contribution in [2.24, 2.45) is 0 Å². The molecule has 1 fully saturated rings. The van der Waals surface area contributed by atoms with E-state index in [1.807, 2.05) is 6.07 Å². The zero-order valence-electron chi connectivity index (χ0n) is 21.7. The molecule has 0 atom stereocenters. The molecule has 1 saturated carbocycles. The molecule has 0 radical (unpaired) electrons. The van der Waals surface area contributed by atoms with Crippen LogP contribution in [0.2, 0.25) is 0 Å². The summed E-state index contributed by atoms with van der Waals surface area (Å²) in [4.78, 5) is 13.6. The second-order valence-corrected chi connectivity index (χ2v) is 10.4. The van der Waals surface area contributed by atoms with Crippen LogP contribution in [0.4, 0.5) is 0 Å². The average molecular weight is 480 g/mol. The zero-order valence-corrected chi connectivity index (χ0v) is 21.7. The second-order valence-electron chi connectivity index (χ2n) is 10.4. The van der Waals surface area contributed by atoms with E-state index >= 15 is 0 Å². The number of ketones is 1.